The maximum atomic E-state index is 13.7. The number of fused-ring (bicyclic) bond motifs is 3. The van der Waals surface area contributed by atoms with E-state index in [2.05, 4.69) is 52.8 Å². The van der Waals surface area contributed by atoms with Gasteiger partial charge in [0.1, 0.15) is 66.8 Å². The molecular formula is C33H47N15O27P5+. The fraction of sp³-hybridized carbons (Fsp3) is 0.545. The molecule has 0 spiro atoms. The van der Waals surface area contributed by atoms with E-state index in [0.717, 1.165) is 42.3 Å². The first-order valence-electron chi connectivity index (χ1n) is 22.3. The maximum absolute atomic E-state index is 13.7. The Kier molecular flexibility index (Phi) is 16.6. The summed E-state index contributed by atoms with van der Waals surface area (Å²) < 4.78 is 131. The number of imidazole rings is 3. The van der Waals surface area contributed by atoms with Gasteiger partial charge in [-0.05, 0) is 0 Å². The molecule has 80 heavy (non-hydrogen) atoms. The minimum absolute atomic E-state index is 0.00594. The van der Waals surface area contributed by atoms with E-state index in [9.17, 15) is 72.2 Å². The highest BCUT2D eigenvalue weighted by molar-refractivity contribution is 7.69. The Morgan fingerprint density at radius 3 is 1.80 bits per heavy atom. The lowest BCUT2D eigenvalue weighted by molar-refractivity contribution is -0.745. The van der Waals surface area contributed by atoms with Gasteiger partial charge in [0, 0.05) is 14.2 Å². The number of nitrogens with zero attached hydrogens (tertiary/aromatic N) is 10. The molecule has 6 aromatic rings. The molecule has 0 radical (unpaired) electrons. The molecule has 0 amide bonds. The number of aliphatic hydroxyl groups excluding tert-OH is 3. The van der Waals surface area contributed by atoms with Gasteiger partial charge in [-0.15, -0.1) is 0 Å². The lowest BCUT2D eigenvalue weighted by atomic mass is 10.1. The third-order valence-corrected chi connectivity index (χ3v) is 18.9. The summed E-state index contributed by atoms with van der Waals surface area (Å²) >= 11 is 0. The van der Waals surface area contributed by atoms with E-state index in [1.165, 1.54) is 22.5 Å². The average molecular weight is 1240 g/mol. The second-order valence-electron chi connectivity index (χ2n) is 17.2. The van der Waals surface area contributed by atoms with E-state index in [1.54, 1.807) is 0 Å². The van der Waals surface area contributed by atoms with Gasteiger partial charge in [0.15, 0.2) is 41.4 Å². The van der Waals surface area contributed by atoms with Crippen molar-refractivity contribution >= 4 is 90.3 Å². The third-order valence-electron chi connectivity index (χ3n) is 12.0. The minimum Gasteiger partial charge on any atom is -0.387 e. The van der Waals surface area contributed by atoms with E-state index in [1.807, 2.05) is 0 Å². The number of phosphoric ester groups is 3. The SMILES string of the molecule is COC1[C@@H](OP(=O)(O)OC[C@H]2O[C@@H](n3cnc4c(=O)[nH]c(N)nc43)C(O)[C@H]2O)[C@@H](COP(=O)(O)OP(=O)(O)OP(=O)(O)OP(=O)(O)OC[C@H]2O[C@@H]([n+]3cn(C)c4c(=O)[nH]c(N)nc43)[C@@H](O)C2OC)O[C@H]1n1cnc2c(N)ncnc21. The van der Waals surface area contributed by atoms with Crippen molar-refractivity contribution in [2.45, 2.75) is 73.6 Å². The Bertz CT molecular complexity index is 3690. The summed E-state index contributed by atoms with van der Waals surface area (Å²) in [6.45, 7) is -3.44. The molecule has 42 nitrogen and oxygen atoms in total. The molecule has 17 atom stereocenters. The standard InChI is InChI=1S/C33H46N15O27P5/c1-45-10-48(26-16(45)28(53)44-33(36)42-26)30-19(51)20(64-2)12(70-30)5-67-77(56,57)73-79(60,61)75-80(62,63)74-78(58,59)68-6-13-21(22(65-3)31(71-13)46-8-39-14-23(34)37-7-38-24(14)46)72-76(54,55)66-4-11-17(49)18(50)29(69-11)47-9-40-15-25(47)41-32(35)43-27(15)52/h7-13,17-22,29-31,49-51H,4-6H2,1-3H3,(H12-,34,35,36,37,38,41,42,43,44,52,53,54,55,56,57,58,59,60,61,62,63)/p+1/t11-,12-,13-,17+,18?,19+,20?,21+,22?,29-,30-,31-/m1/s1. The smallest absolute Gasteiger partial charge is 0.387 e. The van der Waals surface area contributed by atoms with Crippen molar-refractivity contribution in [3.05, 3.63) is 46.0 Å². The Morgan fingerprint density at radius 2 is 1.16 bits per heavy atom. The normalized spacial score (nSPS) is 30.1. The van der Waals surface area contributed by atoms with E-state index in [0.29, 0.717) is 0 Å². The topological polar surface area (TPSA) is 598 Å². The van der Waals surface area contributed by atoms with Gasteiger partial charge in [-0.3, -0.25) is 51.4 Å². The molecule has 3 fully saturated rings. The zero-order valence-corrected chi connectivity index (χ0v) is 45.1. The molecule has 3 saturated heterocycles. The Balaban J connectivity index is 0.849. The van der Waals surface area contributed by atoms with Gasteiger partial charge in [0.2, 0.25) is 17.7 Å². The lowest BCUT2D eigenvalue weighted by Gasteiger charge is -2.26. The number of H-pyrrole nitrogens is 2. The average Bonchev–Trinajstić information content (AvgIpc) is 4.38. The Hall–Kier alpha value is -5.00. The monoisotopic (exact) mass is 1240 g/mol. The van der Waals surface area contributed by atoms with Crippen LogP contribution < -0.4 is 32.9 Å². The molecule has 0 aromatic carbocycles. The molecule has 0 saturated carbocycles. The molecule has 16 N–H and O–H groups in total. The molecular weight excluding hydrogens is 1190 g/mol. The Morgan fingerprint density at radius 1 is 0.625 bits per heavy atom. The number of nitrogens with two attached hydrogens (primary N) is 3. The van der Waals surface area contributed by atoms with Crippen LogP contribution in [0.4, 0.5) is 17.7 Å². The molecule has 8 unspecified atom stereocenters. The number of aromatic nitrogens is 12. The molecule has 9 heterocycles. The molecule has 3 aliphatic heterocycles. The highest BCUT2D eigenvalue weighted by Gasteiger charge is 2.54. The van der Waals surface area contributed by atoms with Crippen LogP contribution >= 0.6 is 39.1 Å². The van der Waals surface area contributed by atoms with Crippen LogP contribution in [0.2, 0.25) is 0 Å². The second kappa shape index (κ2) is 22.3. The fourth-order valence-corrected chi connectivity index (χ4v) is 14.6. The zero-order chi connectivity index (χ0) is 58.2. The van der Waals surface area contributed by atoms with E-state index >= 15 is 0 Å². The molecule has 6 aromatic heterocycles. The summed E-state index contributed by atoms with van der Waals surface area (Å²) in [5.74, 6) is -0.743. The van der Waals surface area contributed by atoms with Crippen LogP contribution in [0.3, 0.4) is 0 Å². The summed E-state index contributed by atoms with van der Waals surface area (Å²) in [5, 5.41) is 32.8. The molecule has 47 heteroatoms. The van der Waals surface area contributed by atoms with Crippen molar-refractivity contribution in [1.29, 1.82) is 0 Å². The second-order valence-corrected chi connectivity index (χ2v) is 24.9. The highest BCUT2D eigenvalue weighted by Crippen LogP contribution is 2.71. The number of aromatic amines is 2. The largest absolute Gasteiger partial charge is 0.490 e. The van der Waals surface area contributed by atoms with Crippen LogP contribution in [0.25, 0.3) is 33.5 Å². The predicted molar refractivity (Wildman–Crippen MR) is 255 cm³/mol. The summed E-state index contributed by atoms with van der Waals surface area (Å²) in [6.07, 6.45) is -15.2. The van der Waals surface area contributed by atoms with Gasteiger partial charge in [-0.1, -0.05) is 4.98 Å². The van der Waals surface area contributed by atoms with Gasteiger partial charge in [0.25, 0.3) is 17.1 Å². The van der Waals surface area contributed by atoms with Gasteiger partial charge in [-0.25, -0.2) is 47.3 Å². The van der Waals surface area contributed by atoms with Gasteiger partial charge >= 0.3 is 44.8 Å². The van der Waals surface area contributed by atoms with E-state index in [-0.39, 0.29) is 51.2 Å². The Labute approximate surface area is 442 Å². The molecule has 9 rings (SSSR count). The number of aliphatic hydroxyl groups is 3. The van der Waals surface area contributed by atoms with Crippen LogP contribution in [0.1, 0.15) is 18.7 Å². The highest BCUT2D eigenvalue weighted by atomic mass is 31.3. The third kappa shape index (κ3) is 12.2. The van der Waals surface area contributed by atoms with E-state index in [4.69, 9.17) is 59.0 Å². The van der Waals surface area contributed by atoms with Crippen molar-refractivity contribution in [1.82, 2.24) is 53.6 Å². The van der Waals surface area contributed by atoms with Gasteiger partial charge in [-0.2, -0.15) is 17.9 Å². The summed E-state index contributed by atoms with van der Waals surface area (Å²) in [6, 6.07) is 0. The van der Waals surface area contributed by atoms with Crippen molar-refractivity contribution in [2.24, 2.45) is 7.05 Å². The number of nitrogens with one attached hydrogen (secondary N) is 2. The summed E-state index contributed by atoms with van der Waals surface area (Å²) in [7, 11) is -26.7. The lowest BCUT2D eigenvalue weighted by Crippen LogP contribution is -2.46. The number of phosphoric acid groups is 5. The first-order valence-corrected chi connectivity index (χ1v) is 29.8. The zero-order valence-electron chi connectivity index (χ0n) is 40.6. The number of rotatable bonds is 22. The molecule has 3 aliphatic rings. The van der Waals surface area contributed by atoms with Crippen LogP contribution in [-0.4, -0.2) is 182 Å². The van der Waals surface area contributed by atoms with Crippen molar-refractivity contribution < 1.29 is 122 Å². The predicted octanol–water partition coefficient (Wildman–Crippen LogP) is -3.94. The number of nitrogen functional groups attached to an aromatic ring is 3. The minimum atomic E-state index is -6.44. The molecule has 440 valence electrons. The molecule has 0 aliphatic carbocycles. The number of anilines is 3. The number of methoxy groups -OCH3 is 2. The van der Waals surface area contributed by atoms with Crippen LogP contribution in [0.15, 0.2) is 34.9 Å². The van der Waals surface area contributed by atoms with Crippen molar-refractivity contribution in [3.8, 4) is 0 Å². The van der Waals surface area contributed by atoms with Crippen molar-refractivity contribution in [2.75, 3.05) is 51.2 Å². The number of aryl methyl sites for hydroxylation is 1. The van der Waals surface area contributed by atoms with Crippen LogP contribution in [0, 0.1) is 0 Å². The quantitative estimate of drug-likeness (QED) is 0.0228. The van der Waals surface area contributed by atoms with Gasteiger partial charge in [0.05, 0.1) is 39.5 Å². The number of hydrogen-bond donors (Lipinski definition) is 13. The van der Waals surface area contributed by atoms with E-state index < -0.39 is 144 Å². The fourth-order valence-electron chi connectivity index (χ4n) is 8.71. The maximum Gasteiger partial charge on any atom is 0.490 e. The number of ether oxygens (including phenoxy) is 5. The van der Waals surface area contributed by atoms with Crippen molar-refractivity contribution in [3.63, 3.8) is 0 Å². The number of hydrogen-bond acceptors (Lipinski definition) is 31. The van der Waals surface area contributed by atoms with Gasteiger partial charge < -0.3 is 80.7 Å². The van der Waals surface area contributed by atoms with Crippen LogP contribution in [0.5, 0.6) is 0 Å². The van der Waals surface area contributed by atoms with Crippen LogP contribution in [-0.2, 0) is 84.6 Å². The summed E-state index contributed by atoms with van der Waals surface area (Å²) in [4.78, 5) is 106. The first kappa shape index (κ1) is 59.6. The first-order chi connectivity index (χ1) is 37.4. The summed E-state index contributed by atoms with van der Waals surface area (Å²) in [5.41, 5.74) is 15.4. The molecule has 0 bridgehead atoms.